The first kappa shape index (κ1) is 19.0. The van der Waals surface area contributed by atoms with Gasteiger partial charge in [0.05, 0.1) is 4.75 Å². The van der Waals surface area contributed by atoms with Gasteiger partial charge in [0.15, 0.2) is 15.8 Å². The average molecular weight is 374 g/mol. The van der Waals surface area contributed by atoms with Gasteiger partial charge in [0.2, 0.25) is 0 Å². The van der Waals surface area contributed by atoms with Crippen LogP contribution in [0, 0.1) is 0 Å². The molecule has 0 bridgehead atoms. The smallest absolute Gasteiger partial charge is 0.191 e. The molecule has 0 aromatic heterocycles. The Kier molecular flexibility index (Phi) is 6.48. The molecular formula is C16H24ClN3O3S. The van der Waals surface area contributed by atoms with Gasteiger partial charge in [-0.2, -0.15) is 0 Å². The Balaban J connectivity index is 1.97. The highest BCUT2D eigenvalue weighted by atomic mass is 35.5. The second kappa shape index (κ2) is 8.18. The molecular weight excluding hydrogens is 350 g/mol. The first-order valence-electron chi connectivity index (χ1n) is 7.83. The minimum absolute atomic E-state index is 0.310. The zero-order valence-corrected chi connectivity index (χ0v) is 15.6. The summed E-state index contributed by atoms with van der Waals surface area (Å²) in [6.45, 7) is 1.78. The summed E-state index contributed by atoms with van der Waals surface area (Å²) < 4.78 is 29.0. The van der Waals surface area contributed by atoms with Gasteiger partial charge in [0, 0.05) is 44.6 Å². The van der Waals surface area contributed by atoms with Crippen LogP contribution in [0.15, 0.2) is 29.3 Å². The topological polar surface area (TPSA) is 79.8 Å². The summed E-state index contributed by atoms with van der Waals surface area (Å²) in [7, 11) is -1.55. The van der Waals surface area contributed by atoms with E-state index in [1.807, 2.05) is 24.3 Å². The van der Waals surface area contributed by atoms with Crippen molar-refractivity contribution in [3.05, 3.63) is 34.9 Å². The molecule has 1 aliphatic rings. The second-order valence-corrected chi connectivity index (χ2v) is 8.82. The Morgan fingerprint density at radius 1 is 1.33 bits per heavy atom. The lowest BCUT2D eigenvalue weighted by atomic mass is 9.99. The molecule has 0 aliphatic carbocycles. The van der Waals surface area contributed by atoms with Crippen LogP contribution in [0.25, 0.3) is 0 Å². The van der Waals surface area contributed by atoms with Gasteiger partial charge >= 0.3 is 0 Å². The Morgan fingerprint density at radius 2 is 2.04 bits per heavy atom. The zero-order chi connectivity index (χ0) is 17.6. The number of halogens is 1. The highest BCUT2D eigenvalue weighted by Gasteiger charge is 2.42. The lowest BCUT2D eigenvalue weighted by Crippen LogP contribution is -2.53. The molecule has 1 saturated heterocycles. The van der Waals surface area contributed by atoms with Crippen LogP contribution in [-0.4, -0.2) is 52.2 Å². The Morgan fingerprint density at radius 3 is 2.62 bits per heavy atom. The minimum Gasteiger partial charge on any atom is -0.381 e. The number of hydrogen-bond acceptors (Lipinski definition) is 4. The highest BCUT2D eigenvalue weighted by molar-refractivity contribution is 7.92. The molecule has 0 radical (unpaired) electrons. The van der Waals surface area contributed by atoms with Crippen LogP contribution < -0.4 is 10.6 Å². The molecule has 1 aromatic rings. The van der Waals surface area contributed by atoms with Gasteiger partial charge in [0.1, 0.15) is 0 Å². The number of benzene rings is 1. The maximum absolute atomic E-state index is 12.3. The largest absolute Gasteiger partial charge is 0.381 e. The third kappa shape index (κ3) is 4.84. The molecule has 1 heterocycles. The van der Waals surface area contributed by atoms with E-state index in [1.54, 1.807) is 7.05 Å². The van der Waals surface area contributed by atoms with E-state index < -0.39 is 14.6 Å². The van der Waals surface area contributed by atoms with Crippen molar-refractivity contribution in [2.75, 3.05) is 33.1 Å². The standard InChI is InChI=1S/C16H24ClN3O3S/c1-18-15(19-11-13-4-3-5-14(17)10-13)20-12-16(24(2,21)22)6-8-23-9-7-16/h3-5,10H,6-9,11-12H2,1-2H3,(H2,18,19,20). The van der Waals surface area contributed by atoms with Gasteiger partial charge in [-0.1, -0.05) is 23.7 Å². The van der Waals surface area contributed by atoms with Crippen molar-refractivity contribution in [1.82, 2.24) is 10.6 Å². The maximum Gasteiger partial charge on any atom is 0.191 e. The van der Waals surface area contributed by atoms with E-state index in [1.165, 1.54) is 6.26 Å². The molecule has 0 amide bonds. The molecule has 0 unspecified atom stereocenters. The Bertz CT molecular complexity index is 686. The van der Waals surface area contributed by atoms with E-state index in [4.69, 9.17) is 16.3 Å². The monoisotopic (exact) mass is 373 g/mol. The van der Waals surface area contributed by atoms with Crippen molar-refractivity contribution in [3.63, 3.8) is 0 Å². The summed E-state index contributed by atoms with van der Waals surface area (Å²) in [5.41, 5.74) is 1.02. The molecule has 1 fully saturated rings. The predicted octanol–water partition coefficient (Wildman–Crippen LogP) is 1.60. The number of sulfone groups is 1. The first-order chi connectivity index (χ1) is 11.4. The van der Waals surface area contributed by atoms with E-state index >= 15 is 0 Å². The SMILES string of the molecule is CN=C(NCc1cccc(Cl)c1)NCC1(S(C)(=O)=O)CCOCC1. The molecule has 2 N–H and O–H groups in total. The van der Waals surface area contributed by atoms with Crippen molar-refractivity contribution in [2.45, 2.75) is 24.1 Å². The van der Waals surface area contributed by atoms with Crippen LogP contribution in [0.3, 0.4) is 0 Å². The van der Waals surface area contributed by atoms with E-state index in [0.29, 0.717) is 50.1 Å². The third-order valence-electron chi connectivity index (χ3n) is 4.34. The molecule has 2 rings (SSSR count). The van der Waals surface area contributed by atoms with Gasteiger partial charge in [-0.05, 0) is 30.5 Å². The number of aliphatic imine (C=N–C) groups is 1. The van der Waals surface area contributed by atoms with Gasteiger partial charge in [-0.15, -0.1) is 0 Å². The number of ether oxygens (including phenoxy) is 1. The van der Waals surface area contributed by atoms with Crippen LogP contribution in [0.4, 0.5) is 0 Å². The molecule has 8 heteroatoms. The summed E-state index contributed by atoms with van der Waals surface area (Å²) >= 11 is 5.97. The van der Waals surface area contributed by atoms with Crippen LogP contribution in [-0.2, 0) is 21.1 Å². The van der Waals surface area contributed by atoms with E-state index in [9.17, 15) is 8.42 Å². The number of hydrogen-bond donors (Lipinski definition) is 2. The predicted molar refractivity (Wildman–Crippen MR) is 97.3 cm³/mol. The molecule has 0 saturated carbocycles. The fourth-order valence-corrected chi connectivity index (χ4v) is 4.18. The lowest BCUT2D eigenvalue weighted by Gasteiger charge is -2.35. The normalized spacial score (nSPS) is 18.2. The fourth-order valence-electron chi connectivity index (χ4n) is 2.72. The van der Waals surface area contributed by atoms with Crippen molar-refractivity contribution in [1.29, 1.82) is 0 Å². The second-order valence-electron chi connectivity index (χ2n) is 5.98. The Labute approximate surface area is 148 Å². The number of rotatable bonds is 5. The third-order valence-corrected chi connectivity index (χ3v) is 6.70. The van der Waals surface area contributed by atoms with Crippen LogP contribution >= 0.6 is 11.6 Å². The van der Waals surface area contributed by atoms with Gasteiger partial charge in [-0.3, -0.25) is 4.99 Å². The lowest BCUT2D eigenvalue weighted by molar-refractivity contribution is 0.0756. The highest BCUT2D eigenvalue weighted by Crippen LogP contribution is 2.28. The maximum atomic E-state index is 12.3. The fraction of sp³-hybridized carbons (Fsp3) is 0.562. The quantitative estimate of drug-likeness (QED) is 0.605. The van der Waals surface area contributed by atoms with Gasteiger partial charge in [-0.25, -0.2) is 8.42 Å². The number of guanidine groups is 1. The number of nitrogens with zero attached hydrogens (tertiary/aromatic N) is 1. The summed E-state index contributed by atoms with van der Waals surface area (Å²) in [6, 6.07) is 7.54. The molecule has 1 aliphatic heterocycles. The van der Waals surface area contributed by atoms with Gasteiger partial charge in [0.25, 0.3) is 0 Å². The van der Waals surface area contributed by atoms with Crippen LogP contribution in [0.2, 0.25) is 5.02 Å². The summed E-state index contributed by atoms with van der Waals surface area (Å²) in [5, 5.41) is 6.99. The number of nitrogens with one attached hydrogen (secondary N) is 2. The van der Waals surface area contributed by atoms with E-state index in [2.05, 4.69) is 15.6 Å². The van der Waals surface area contributed by atoms with E-state index in [0.717, 1.165) is 5.56 Å². The van der Waals surface area contributed by atoms with Crippen molar-refractivity contribution in [2.24, 2.45) is 4.99 Å². The molecule has 6 nitrogen and oxygen atoms in total. The Hall–Kier alpha value is -1.31. The minimum atomic E-state index is -3.21. The van der Waals surface area contributed by atoms with Crippen molar-refractivity contribution >= 4 is 27.4 Å². The molecule has 24 heavy (non-hydrogen) atoms. The average Bonchev–Trinajstić information content (AvgIpc) is 2.55. The van der Waals surface area contributed by atoms with E-state index in [-0.39, 0.29) is 0 Å². The summed E-state index contributed by atoms with van der Waals surface area (Å²) in [5.74, 6) is 0.560. The first-order valence-corrected chi connectivity index (χ1v) is 10.1. The summed E-state index contributed by atoms with van der Waals surface area (Å²) in [6.07, 6.45) is 2.27. The zero-order valence-electron chi connectivity index (χ0n) is 14.0. The van der Waals surface area contributed by atoms with Crippen molar-refractivity contribution < 1.29 is 13.2 Å². The van der Waals surface area contributed by atoms with Crippen LogP contribution in [0.5, 0.6) is 0 Å². The van der Waals surface area contributed by atoms with Crippen molar-refractivity contribution in [3.8, 4) is 0 Å². The summed E-state index contributed by atoms with van der Waals surface area (Å²) in [4.78, 5) is 4.16. The molecule has 134 valence electrons. The molecule has 1 aromatic carbocycles. The van der Waals surface area contributed by atoms with Gasteiger partial charge < -0.3 is 15.4 Å². The molecule has 0 atom stereocenters. The van der Waals surface area contributed by atoms with Crippen LogP contribution in [0.1, 0.15) is 18.4 Å². The molecule has 0 spiro atoms.